The Morgan fingerprint density at radius 3 is 2.58 bits per heavy atom. The van der Waals surface area contributed by atoms with Crippen LogP contribution < -0.4 is 10.6 Å². The van der Waals surface area contributed by atoms with Crippen molar-refractivity contribution in [1.29, 1.82) is 0 Å². The van der Waals surface area contributed by atoms with Crippen LogP contribution in [0.3, 0.4) is 0 Å². The fourth-order valence-corrected chi connectivity index (χ4v) is 3.71. The van der Waals surface area contributed by atoms with E-state index in [1.807, 2.05) is 6.07 Å². The Labute approximate surface area is 146 Å². The third-order valence-corrected chi connectivity index (χ3v) is 5.10. The van der Waals surface area contributed by atoms with Crippen molar-refractivity contribution in [2.45, 2.75) is 26.3 Å². The predicted molar refractivity (Wildman–Crippen MR) is 96.4 cm³/mol. The molecule has 6 nitrogen and oxygen atoms in total. The lowest BCUT2D eigenvalue weighted by Crippen LogP contribution is -2.46. The van der Waals surface area contributed by atoms with Crippen molar-refractivity contribution >= 4 is 23.1 Å². The Kier molecular flexibility index (Phi) is 5.11. The van der Waals surface area contributed by atoms with Crippen molar-refractivity contribution in [3.05, 3.63) is 40.0 Å². The second kappa shape index (κ2) is 7.27. The molecular formula is C17H23N5OS. The SMILES string of the molecule is CC(C)c1csc(CN2CCN(c3ccc(C(N)=O)cn3)CC2)n1. The summed E-state index contributed by atoms with van der Waals surface area (Å²) in [5.74, 6) is 0.945. The third kappa shape index (κ3) is 3.91. The Morgan fingerprint density at radius 2 is 2.04 bits per heavy atom. The zero-order chi connectivity index (χ0) is 17.1. The Bertz CT molecular complexity index is 689. The highest BCUT2D eigenvalue weighted by atomic mass is 32.1. The fourth-order valence-electron chi connectivity index (χ4n) is 2.71. The summed E-state index contributed by atoms with van der Waals surface area (Å²) in [7, 11) is 0. The molecule has 7 heteroatoms. The van der Waals surface area contributed by atoms with Gasteiger partial charge in [-0.25, -0.2) is 9.97 Å². The van der Waals surface area contributed by atoms with Gasteiger partial charge in [0.05, 0.1) is 17.8 Å². The normalized spacial score (nSPS) is 15.9. The van der Waals surface area contributed by atoms with Crippen LogP contribution in [0.15, 0.2) is 23.7 Å². The van der Waals surface area contributed by atoms with Gasteiger partial charge in [0.25, 0.3) is 0 Å². The molecule has 2 N–H and O–H groups in total. The quantitative estimate of drug-likeness (QED) is 0.898. The molecule has 0 radical (unpaired) electrons. The maximum atomic E-state index is 11.1. The van der Waals surface area contributed by atoms with E-state index < -0.39 is 5.91 Å². The Hall–Kier alpha value is -1.99. The number of hydrogen-bond acceptors (Lipinski definition) is 6. The molecule has 0 spiro atoms. The summed E-state index contributed by atoms with van der Waals surface area (Å²) >= 11 is 1.75. The van der Waals surface area contributed by atoms with Gasteiger partial charge in [0, 0.05) is 37.8 Å². The van der Waals surface area contributed by atoms with Crippen molar-refractivity contribution in [3.63, 3.8) is 0 Å². The van der Waals surface area contributed by atoms with Gasteiger partial charge in [-0.2, -0.15) is 0 Å². The smallest absolute Gasteiger partial charge is 0.250 e. The molecule has 1 saturated heterocycles. The van der Waals surface area contributed by atoms with E-state index in [-0.39, 0.29) is 0 Å². The summed E-state index contributed by atoms with van der Waals surface area (Å²) in [6.07, 6.45) is 1.55. The molecule has 0 aromatic carbocycles. The van der Waals surface area contributed by atoms with Gasteiger partial charge in [-0.15, -0.1) is 11.3 Å². The lowest BCUT2D eigenvalue weighted by atomic mass is 10.2. The van der Waals surface area contributed by atoms with Crippen LogP contribution in [-0.2, 0) is 6.54 Å². The minimum atomic E-state index is -0.442. The van der Waals surface area contributed by atoms with Crippen molar-refractivity contribution in [2.75, 3.05) is 31.1 Å². The summed E-state index contributed by atoms with van der Waals surface area (Å²) in [5, 5.41) is 3.36. The molecule has 1 amide bonds. The lowest BCUT2D eigenvalue weighted by molar-refractivity contribution is 0.1000. The van der Waals surface area contributed by atoms with E-state index in [0.29, 0.717) is 11.5 Å². The molecule has 0 bridgehead atoms. The molecule has 3 heterocycles. The Balaban J connectivity index is 1.54. The zero-order valence-corrected chi connectivity index (χ0v) is 14.9. The number of carbonyl (C=O) groups excluding carboxylic acids is 1. The van der Waals surface area contributed by atoms with Crippen LogP contribution in [0.4, 0.5) is 5.82 Å². The van der Waals surface area contributed by atoms with E-state index in [2.05, 4.69) is 34.0 Å². The molecule has 3 rings (SSSR count). The maximum absolute atomic E-state index is 11.1. The second-order valence-electron chi connectivity index (χ2n) is 6.35. The maximum Gasteiger partial charge on any atom is 0.250 e. The van der Waals surface area contributed by atoms with Gasteiger partial charge in [0.15, 0.2) is 0 Å². The van der Waals surface area contributed by atoms with E-state index in [1.165, 1.54) is 10.7 Å². The second-order valence-corrected chi connectivity index (χ2v) is 7.30. The number of primary amides is 1. The van der Waals surface area contributed by atoms with Gasteiger partial charge >= 0.3 is 0 Å². The van der Waals surface area contributed by atoms with Gasteiger partial charge in [0.2, 0.25) is 5.91 Å². The molecule has 1 aliphatic rings. The zero-order valence-electron chi connectivity index (χ0n) is 14.1. The molecule has 0 unspecified atom stereocenters. The molecule has 2 aromatic heterocycles. The van der Waals surface area contributed by atoms with E-state index >= 15 is 0 Å². The first kappa shape index (κ1) is 16.9. The number of piperazine rings is 1. The number of hydrogen-bond donors (Lipinski definition) is 1. The monoisotopic (exact) mass is 345 g/mol. The summed E-state index contributed by atoms with van der Waals surface area (Å²) < 4.78 is 0. The first-order valence-corrected chi connectivity index (χ1v) is 9.08. The fraction of sp³-hybridized carbons (Fsp3) is 0.471. The minimum absolute atomic E-state index is 0.442. The van der Waals surface area contributed by atoms with Crippen LogP contribution in [0, 0.1) is 0 Å². The average molecular weight is 345 g/mol. The average Bonchev–Trinajstić information content (AvgIpc) is 3.04. The summed E-state index contributed by atoms with van der Waals surface area (Å²) in [6.45, 7) is 9.07. The molecule has 24 heavy (non-hydrogen) atoms. The summed E-state index contributed by atoms with van der Waals surface area (Å²) in [5.41, 5.74) is 6.88. The summed E-state index contributed by atoms with van der Waals surface area (Å²) in [4.78, 5) is 24.8. The number of nitrogens with two attached hydrogens (primary N) is 1. The lowest BCUT2D eigenvalue weighted by Gasteiger charge is -2.35. The molecule has 128 valence electrons. The minimum Gasteiger partial charge on any atom is -0.366 e. The summed E-state index contributed by atoms with van der Waals surface area (Å²) in [6, 6.07) is 3.60. The number of aromatic nitrogens is 2. The van der Waals surface area contributed by atoms with Gasteiger partial charge in [-0.05, 0) is 18.1 Å². The molecule has 0 aliphatic carbocycles. The van der Waals surface area contributed by atoms with Gasteiger partial charge in [0.1, 0.15) is 10.8 Å². The molecular weight excluding hydrogens is 322 g/mol. The van der Waals surface area contributed by atoms with Crippen LogP contribution in [0.25, 0.3) is 0 Å². The highest BCUT2D eigenvalue weighted by Gasteiger charge is 2.19. The van der Waals surface area contributed by atoms with Crippen LogP contribution in [0.2, 0.25) is 0 Å². The van der Waals surface area contributed by atoms with Gasteiger partial charge in [-0.3, -0.25) is 9.69 Å². The van der Waals surface area contributed by atoms with Crippen LogP contribution in [0.1, 0.15) is 40.8 Å². The number of amides is 1. The molecule has 1 aliphatic heterocycles. The van der Waals surface area contributed by atoms with Crippen molar-refractivity contribution in [3.8, 4) is 0 Å². The van der Waals surface area contributed by atoms with Crippen LogP contribution in [-0.4, -0.2) is 47.0 Å². The van der Waals surface area contributed by atoms with Crippen LogP contribution >= 0.6 is 11.3 Å². The van der Waals surface area contributed by atoms with Crippen molar-refractivity contribution in [2.24, 2.45) is 5.73 Å². The molecule has 2 aromatic rings. The van der Waals surface area contributed by atoms with Gasteiger partial charge in [-0.1, -0.05) is 13.8 Å². The number of nitrogens with zero attached hydrogens (tertiary/aromatic N) is 4. The topological polar surface area (TPSA) is 75.3 Å². The van der Waals surface area contributed by atoms with Gasteiger partial charge < -0.3 is 10.6 Å². The van der Waals surface area contributed by atoms with Crippen LogP contribution in [0.5, 0.6) is 0 Å². The van der Waals surface area contributed by atoms with E-state index in [0.717, 1.165) is 38.5 Å². The first-order chi connectivity index (χ1) is 11.5. The highest BCUT2D eigenvalue weighted by Crippen LogP contribution is 2.20. The number of carbonyl (C=O) groups is 1. The third-order valence-electron chi connectivity index (χ3n) is 4.25. The van der Waals surface area contributed by atoms with Crippen molar-refractivity contribution in [1.82, 2.24) is 14.9 Å². The highest BCUT2D eigenvalue weighted by molar-refractivity contribution is 7.09. The first-order valence-electron chi connectivity index (χ1n) is 8.20. The molecule has 0 saturated carbocycles. The molecule has 1 fully saturated rings. The van der Waals surface area contributed by atoms with E-state index in [1.54, 1.807) is 23.6 Å². The largest absolute Gasteiger partial charge is 0.366 e. The predicted octanol–water partition coefficient (Wildman–Crippen LogP) is 2.08. The standard InChI is InChI=1S/C17H23N5OS/c1-12(2)14-11-24-16(20-14)10-21-5-7-22(8-6-21)15-4-3-13(9-19-15)17(18)23/h3-4,9,11-12H,5-8,10H2,1-2H3,(H2,18,23). The number of thiazole rings is 1. The Morgan fingerprint density at radius 1 is 1.29 bits per heavy atom. The van der Waals surface area contributed by atoms with E-state index in [4.69, 9.17) is 10.7 Å². The molecule has 0 atom stereocenters. The van der Waals surface area contributed by atoms with E-state index in [9.17, 15) is 4.79 Å². The number of anilines is 1. The van der Waals surface area contributed by atoms with Crippen molar-refractivity contribution < 1.29 is 4.79 Å². The number of pyridine rings is 1. The number of rotatable bonds is 5.